The van der Waals surface area contributed by atoms with Crippen molar-refractivity contribution in [3.05, 3.63) is 66.0 Å². The van der Waals surface area contributed by atoms with Gasteiger partial charge in [0.25, 0.3) is 5.78 Å². The van der Waals surface area contributed by atoms with Gasteiger partial charge in [0.15, 0.2) is 5.16 Å². The molecule has 2 aromatic heterocycles. The molecule has 0 atom stereocenters. The SMILES string of the molecule is Cc1cc(C)n2c(SCC(=O)N3c4ccccc4Sc4ccccc43)nnc2n1. The van der Waals surface area contributed by atoms with Gasteiger partial charge in [-0.1, -0.05) is 47.8 Å². The van der Waals surface area contributed by atoms with Crippen LogP contribution in [0.5, 0.6) is 0 Å². The number of fused-ring (bicyclic) bond motifs is 3. The second kappa shape index (κ2) is 7.20. The number of carbonyl (C=O) groups excluding carboxylic acids is 1. The zero-order valence-electron chi connectivity index (χ0n) is 15.9. The fraction of sp³-hybridized carbons (Fsp3) is 0.143. The van der Waals surface area contributed by atoms with Gasteiger partial charge >= 0.3 is 0 Å². The molecular weight excluding hydrogens is 402 g/mol. The number of amides is 1. The van der Waals surface area contributed by atoms with E-state index in [9.17, 15) is 4.79 Å². The third-order valence-corrected chi connectivity index (χ3v) is 6.71. The number of anilines is 2. The molecule has 1 amide bonds. The molecule has 8 heteroatoms. The van der Waals surface area contributed by atoms with Crippen molar-refractivity contribution in [2.75, 3.05) is 10.7 Å². The first-order valence-corrected chi connectivity index (χ1v) is 10.9. The van der Waals surface area contributed by atoms with Gasteiger partial charge < -0.3 is 0 Å². The minimum Gasteiger partial charge on any atom is -0.278 e. The summed E-state index contributed by atoms with van der Waals surface area (Å²) in [6.07, 6.45) is 0. The van der Waals surface area contributed by atoms with Crippen LogP contribution in [0.15, 0.2) is 69.5 Å². The zero-order chi connectivity index (χ0) is 20.0. The molecule has 1 aliphatic heterocycles. The number of para-hydroxylation sites is 2. The average molecular weight is 420 g/mol. The molecule has 0 spiro atoms. The van der Waals surface area contributed by atoms with Gasteiger partial charge in [0.1, 0.15) is 0 Å². The van der Waals surface area contributed by atoms with Gasteiger partial charge in [-0.15, -0.1) is 10.2 Å². The minimum atomic E-state index is 0.00433. The van der Waals surface area contributed by atoms with Gasteiger partial charge in [0.2, 0.25) is 5.91 Å². The van der Waals surface area contributed by atoms with Crippen LogP contribution in [0.1, 0.15) is 11.4 Å². The van der Waals surface area contributed by atoms with Gasteiger partial charge in [-0.3, -0.25) is 14.1 Å². The molecule has 29 heavy (non-hydrogen) atoms. The van der Waals surface area contributed by atoms with Crippen molar-refractivity contribution in [2.45, 2.75) is 28.8 Å². The third-order valence-electron chi connectivity index (χ3n) is 4.67. The Morgan fingerprint density at radius 2 is 1.66 bits per heavy atom. The van der Waals surface area contributed by atoms with E-state index in [1.807, 2.05) is 77.7 Å². The first kappa shape index (κ1) is 18.2. The van der Waals surface area contributed by atoms with Gasteiger partial charge in [-0.05, 0) is 44.2 Å². The van der Waals surface area contributed by atoms with Crippen molar-refractivity contribution in [3.63, 3.8) is 0 Å². The number of benzene rings is 2. The highest BCUT2D eigenvalue weighted by atomic mass is 32.2. The summed E-state index contributed by atoms with van der Waals surface area (Å²) in [6, 6.07) is 18.0. The molecule has 144 valence electrons. The molecule has 0 N–H and O–H groups in total. The average Bonchev–Trinajstić information content (AvgIpc) is 3.13. The first-order valence-electron chi connectivity index (χ1n) is 9.13. The monoisotopic (exact) mass is 419 g/mol. The summed E-state index contributed by atoms with van der Waals surface area (Å²) in [7, 11) is 0. The quantitative estimate of drug-likeness (QED) is 0.450. The lowest BCUT2D eigenvalue weighted by atomic mass is 10.2. The summed E-state index contributed by atoms with van der Waals surface area (Å²) in [5, 5.41) is 9.07. The summed E-state index contributed by atoms with van der Waals surface area (Å²) in [6.45, 7) is 3.92. The Morgan fingerprint density at radius 3 is 2.34 bits per heavy atom. The van der Waals surface area contributed by atoms with Crippen LogP contribution in [0, 0.1) is 13.8 Å². The van der Waals surface area contributed by atoms with Crippen molar-refractivity contribution >= 4 is 46.6 Å². The smallest absolute Gasteiger partial charge is 0.256 e. The molecule has 0 unspecified atom stereocenters. The van der Waals surface area contributed by atoms with Crippen LogP contribution in [0.2, 0.25) is 0 Å². The molecule has 0 saturated carbocycles. The lowest BCUT2D eigenvalue weighted by molar-refractivity contribution is -0.115. The normalized spacial score (nSPS) is 12.7. The molecule has 5 rings (SSSR count). The summed E-state index contributed by atoms with van der Waals surface area (Å²) in [5.74, 6) is 0.814. The van der Waals surface area contributed by atoms with Crippen molar-refractivity contribution < 1.29 is 4.79 Å². The van der Waals surface area contributed by atoms with Gasteiger partial charge in [0, 0.05) is 21.2 Å². The Labute approximate surface area is 176 Å². The summed E-state index contributed by atoms with van der Waals surface area (Å²) >= 11 is 3.07. The molecule has 4 aromatic rings. The highest BCUT2D eigenvalue weighted by Crippen LogP contribution is 2.48. The standard InChI is InChI=1S/C21H17N5OS2/c1-13-11-14(2)25-20(22-13)23-24-21(25)28-12-19(27)26-15-7-3-5-9-17(15)29-18-10-6-4-8-16(18)26/h3-11H,12H2,1-2H3. The number of aromatic nitrogens is 4. The van der Waals surface area contributed by atoms with Crippen LogP contribution in [-0.2, 0) is 4.79 Å². The second-order valence-corrected chi connectivity index (χ2v) is 8.74. The van der Waals surface area contributed by atoms with Crippen LogP contribution in [0.3, 0.4) is 0 Å². The molecule has 0 fully saturated rings. The summed E-state index contributed by atoms with van der Waals surface area (Å²) in [4.78, 5) is 21.7. The van der Waals surface area contributed by atoms with Crippen LogP contribution in [0.4, 0.5) is 11.4 Å². The molecular formula is C21H17N5OS2. The van der Waals surface area contributed by atoms with Crippen molar-refractivity contribution in [3.8, 4) is 0 Å². The number of thioether (sulfide) groups is 1. The number of hydrogen-bond acceptors (Lipinski definition) is 6. The Bertz CT molecular complexity index is 1210. The van der Waals surface area contributed by atoms with Gasteiger partial charge in [-0.2, -0.15) is 0 Å². The maximum Gasteiger partial charge on any atom is 0.256 e. The van der Waals surface area contributed by atoms with Crippen molar-refractivity contribution in [1.82, 2.24) is 19.6 Å². The fourth-order valence-corrected chi connectivity index (χ4v) is 5.35. The second-order valence-electron chi connectivity index (χ2n) is 6.71. The number of rotatable bonds is 3. The zero-order valence-corrected chi connectivity index (χ0v) is 17.5. The molecule has 0 bridgehead atoms. The highest BCUT2D eigenvalue weighted by Gasteiger charge is 2.28. The first-order chi connectivity index (χ1) is 14.1. The Balaban J connectivity index is 1.47. The van der Waals surface area contributed by atoms with Gasteiger partial charge in [-0.25, -0.2) is 4.98 Å². The minimum absolute atomic E-state index is 0.00433. The van der Waals surface area contributed by atoms with Crippen molar-refractivity contribution in [1.29, 1.82) is 0 Å². The van der Waals surface area contributed by atoms with Crippen LogP contribution in [-0.4, -0.2) is 31.2 Å². The Hall–Kier alpha value is -2.84. The summed E-state index contributed by atoms with van der Waals surface area (Å²) in [5.41, 5.74) is 3.73. The molecule has 1 aliphatic rings. The molecule has 0 radical (unpaired) electrons. The lowest BCUT2D eigenvalue weighted by Crippen LogP contribution is -2.30. The number of nitrogens with zero attached hydrogens (tertiary/aromatic N) is 5. The molecule has 0 aliphatic carbocycles. The molecule has 2 aromatic carbocycles. The van der Waals surface area contributed by atoms with Crippen LogP contribution >= 0.6 is 23.5 Å². The highest BCUT2D eigenvalue weighted by molar-refractivity contribution is 8.00. The van der Waals surface area contributed by atoms with Crippen LogP contribution < -0.4 is 4.90 Å². The van der Waals surface area contributed by atoms with Gasteiger partial charge in [0.05, 0.1) is 17.1 Å². The predicted octanol–water partition coefficient (Wildman–Crippen LogP) is 4.66. The van der Waals surface area contributed by atoms with E-state index in [0.717, 1.165) is 32.6 Å². The Morgan fingerprint density at radius 1 is 1.00 bits per heavy atom. The lowest BCUT2D eigenvalue weighted by Gasteiger charge is -2.30. The molecule has 3 heterocycles. The van der Waals surface area contributed by atoms with Crippen molar-refractivity contribution in [2.24, 2.45) is 0 Å². The molecule has 0 saturated heterocycles. The van der Waals surface area contributed by atoms with E-state index in [4.69, 9.17) is 0 Å². The van der Waals surface area contributed by atoms with E-state index < -0.39 is 0 Å². The summed E-state index contributed by atoms with van der Waals surface area (Å²) < 4.78 is 1.89. The number of aryl methyl sites for hydroxylation is 2. The van der Waals surface area contributed by atoms with Crippen LogP contribution in [0.25, 0.3) is 5.78 Å². The number of carbonyl (C=O) groups is 1. The fourth-order valence-electron chi connectivity index (χ4n) is 3.46. The van der Waals surface area contributed by atoms with E-state index in [2.05, 4.69) is 15.2 Å². The van der Waals surface area contributed by atoms with E-state index in [1.54, 1.807) is 11.8 Å². The largest absolute Gasteiger partial charge is 0.278 e. The predicted molar refractivity (Wildman–Crippen MR) is 115 cm³/mol. The third kappa shape index (κ3) is 3.18. The van der Waals surface area contributed by atoms with E-state index >= 15 is 0 Å². The van der Waals surface area contributed by atoms with E-state index in [-0.39, 0.29) is 11.7 Å². The maximum atomic E-state index is 13.3. The van der Waals surface area contributed by atoms with E-state index in [0.29, 0.717) is 10.9 Å². The number of hydrogen-bond donors (Lipinski definition) is 0. The Kier molecular flexibility index (Phi) is 4.52. The van der Waals surface area contributed by atoms with E-state index in [1.165, 1.54) is 11.8 Å². The topological polar surface area (TPSA) is 63.4 Å². The maximum absolute atomic E-state index is 13.3. The molecule has 6 nitrogen and oxygen atoms in total.